The Hall–Kier alpha value is -2.47. The molecule has 0 saturated carbocycles. The first-order valence-electron chi connectivity index (χ1n) is 6.11. The van der Waals surface area contributed by atoms with Crippen LogP contribution in [-0.4, -0.2) is 9.91 Å². The van der Waals surface area contributed by atoms with E-state index in [4.69, 9.17) is 10.5 Å². The smallest absolute Gasteiger partial charge is 0.270 e. The Morgan fingerprint density at radius 3 is 2.80 bits per heavy atom. The molecule has 20 heavy (non-hydrogen) atoms. The average Bonchev–Trinajstić information content (AvgIpc) is 2.45. The Kier molecular flexibility index (Phi) is 4.27. The molecule has 1 aromatic carbocycles. The van der Waals surface area contributed by atoms with Crippen LogP contribution in [0.15, 0.2) is 36.7 Å². The Balaban J connectivity index is 2.15. The number of hydrogen-bond donors (Lipinski definition) is 1. The molecular formula is C14H15N3O3. The number of rotatable bonds is 5. The average molecular weight is 273 g/mol. The summed E-state index contributed by atoms with van der Waals surface area (Å²) in [5, 5.41) is 10.7. The lowest BCUT2D eigenvalue weighted by Gasteiger charge is -2.10. The zero-order valence-corrected chi connectivity index (χ0v) is 11.1. The van der Waals surface area contributed by atoms with Gasteiger partial charge in [0.2, 0.25) is 0 Å². The lowest BCUT2D eigenvalue weighted by atomic mass is 10.1. The van der Waals surface area contributed by atoms with Crippen molar-refractivity contribution in [1.82, 2.24) is 4.98 Å². The van der Waals surface area contributed by atoms with E-state index in [-0.39, 0.29) is 12.2 Å². The number of nitro groups is 1. The van der Waals surface area contributed by atoms with Crippen molar-refractivity contribution in [2.24, 2.45) is 5.73 Å². The second-order valence-corrected chi connectivity index (χ2v) is 4.41. The maximum Gasteiger partial charge on any atom is 0.270 e. The molecular weight excluding hydrogens is 258 g/mol. The normalized spacial score (nSPS) is 10.3. The molecule has 0 atom stereocenters. The minimum Gasteiger partial charge on any atom is -0.489 e. The summed E-state index contributed by atoms with van der Waals surface area (Å²) in [6.07, 6.45) is 3.49. The van der Waals surface area contributed by atoms with Gasteiger partial charge in [-0.1, -0.05) is 0 Å². The molecule has 0 aliphatic carbocycles. The van der Waals surface area contributed by atoms with Crippen LogP contribution in [0.2, 0.25) is 0 Å². The zero-order valence-electron chi connectivity index (χ0n) is 11.1. The third kappa shape index (κ3) is 3.30. The number of aromatic nitrogens is 1. The van der Waals surface area contributed by atoms with Crippen molar-refractivity contribution < 1.29 is 9.66 Å². The van der Waals surface area contributed by atoms with Crippen molar-refractivity contribution in [3.8, 4) is 5.75 Å². The quantitative estimate of drug-likeness (QED) is 0.666. The van der Waals surface area contributed by atoms with Gasteiger partial charge >= 0.3 is 0 Å². The summed E-state index contributed by atoms with van der Waals surface area (Å²) in [6.45, 7) is 2.48. The predicted molar refractivity (Wildman–Crippen MR) is 74.3 cm³/mol. The van der Waals surface area contributed by atoms with Gasteiger partial charge in [0.05, 0.1) is 4.92 Å². The number of benzene rings is 1. The molecule has 6 heteroatoms. The molecule has 2 aromatic rings. The summed E-state index contributed by atoms with van der Waals surface area (Å²) < 4.78 is 5.66. The Bertz CT molecular complexity index is 629. The number of pyridine rings is 1. The van der Waals surface area contributed by atoms with E-state index in [2.05, 4.69) is 4.98 Å². The van der Waals surface area contributed by atoms with Gasteiger partial charge in [0.15, 0.2) is 0 Å². The summed E-state index contributed by atoms with van der Waals surface area (Å²) in [7, 11) is 0. The third-order valence-electron chi connectivity index (χ3n) is 2.80. The Morgan fingerprint density at radius 2 is 2.15 bits per heavy atom. The Labute approximate surface area is 116 Å². The highest BCUT2D eigenvalue weighted by atomic mass is 16.6. The van der Waals surface area contributed by atoms with Crippen LogP contribution in [0.1, 0.15) is 16.7 Å². The van der Waals surface area contributed by atoms with Gasteiger partial charge in [-0.2, -0.15) is 0 Å². The molecule has 0 saturated heterocycles. The summed E-state index contributed by atoms with van der Waals surface area (Å²) in [5.41, 5.74) is 8.20. The van der Waals surface area contributed by atoms with Crippen molar-refractivity contribution >= 4 is 5.69 Å². The fourth-order valence-electron chi connectivity index (χ4n) is 1.84. The number of nitro benzene ring substituents is 1. The summed E-state index contributed by atoms with van der Waals surface area (Å²) in [5.74, 6) is 0.555. The van der Waals surface area contributed by atoms with E-state index in [1.807, 2.05) is 13.0 Å². The van der Waals surface area contributed by atoms with Crippen LogP contribution in [0.4, 0.5) is 5.69 Å². The lowest BCUT2D eigenvalue weighted by Crippen LogP contribution is -2.04. The van der Waals surface area contributed by atoms with Crippen LogP contribution in [0.5, 0.6) is 5.75 Å². The van der Waals surface area contributed by atoms with Crippen LogP contribution in [0.3, 0.4) is 0 Å². The minimum absolute atomic E-state index is 0.00928. The second kappa shape index (κ2) is 6.12. The first kappa shape index (κ1) is 14.0. The lowest BCUT2D eigenvalue weighted by molar-refractivity contribution is -0.384. The fraction of sp³-hybridized carbons (Fsp3) is 0.214. The monoisotopic (exact) mass is 273 g/mol. The number of non-ortho nitro benzene ring substituents is 1. The predicted octanol–water partition coefficient (Wildman–Crippen LogP) is 2.34. The van der Waals surface area contributed by atoms with E-state index in [0.717, 1.165) is 11.1 Å². The molecule has 0 bridgehead atoms. The maximum atomic E-state index is 10.7. The first-order chi connectivity index (χ1) is 9.60. The van der Waals surface area contributed by atoms with E-state index in [1.165, 1.54) is 12.1 Å². The summed E-state index contributed by atoms with van der Waals surface area (Å²) in [6, 6.07) is 6.39. The zero-order chi connectivity index (χ0) is 14.5. The fourth-order valence-corrected chi connectivity index (χ4v) is 1.84. The van der Waals surface area contributed by atoms with E-state index in [1.54, 1.807) is 18.5 Å². The maximum absolute atomic E-state index is 10.7. The van der Waals surface area contributed by atoms with Gasteiger partial charge in [0, 0.05) is 42.2 Å². The topological polar surface area (TPSA) is 91.3 Å². The Morgan fingerprint density at radius 1 is 1.35 bits per heavy atom. The summed E-state index contributed by atoms with van der Waals surface area (Å²) >= 11 is 0. The van der Waals surface area contributed by atoms with E-state index in [0.29, 0.717) is 17.9 Å². The molecule has 0 amide bonds. The molecule has 104 valence electrons. The molecule has 0 unspecified atom stereocenters. The molecule has 0 aliphatic heterocycles. The van der Waals surface area contributed by atoms with Crippen molar-refractivity contribution in [1.29, 1.82) is 0 Å². The number of nitrogens with two attached hydrogens (primary N) is 1. The summed E-state index contributed by atoms with van der Waals surface area (Å²) in [4.78, 5) is 14.3. The van der Waals surface area contributed by atoms with Crippen molar-refractivity contribution in [3.05, 3.63) is 63.5 Å². The van der Waals surface area contributed by atoms with Crippen LogP contribution in [-0.2, 0) is 13.2 Å². The van der Waals surface area contributed by atoms with E-state index < -0.39 is 4.92 Å². The SMILES string of the molecule is Cc1cncc(COc2ccc([N+](=O)[O-])cc2CN)c1. The number of hydrogen-bond acceptors (Lipinski definition) is 5. The van der Waals surface area contributed by atoms with Crippen molar-refractivity contribution in [2.75, 3.05) is 0 Å². The highest BCUT2D eigenvalue weighted by Gasteiger charge is 2.11. The minimum atomic E-state index is -0.451. The molecule has 0 aliphatic rings. The highest BCUT2D eigenvalue weighted by molar-refractivity contribution is 5.43. The van der Waals surface area contributed by atoms with Gasteiger partial charge < -0.3 is 10.5 Å². The van der Waals surface area contributed by atoms with Gasteiger partial charge in [-0.25, -0.2) is 0 Å². The van der Waals surface area contributed by atoms with E-state index in [9.17, 15) is 10.1 Å². The molecule has 2 rings (SSSR count). The van der Waals surface area contributed by atoms with Crippen LogP contribution >= 0.6 is 0 Å². The van der Waals surface area contributed by atoms with Gasteiger partial charge in [-0.15, -0.1) is 0 Å². The molecule has 1 aromatic heterocycles. The molecule has 6 nitrogen and oxygen atoms in total. The first-order valence-corrected chi connectivity index (χ1v) is 6.11. The van der Waals surface area contributed by atoms with Crippen LogP contribution < -0.4 is 10.5 Å². The van der Waals surface area contributed by atoms with Gasteiger partial charge in [0.1, 0.15) is 12.4 Å². The van der Waals surface area contributed by atoms with Crippen LogP contribution in [0, 0.1) is 17.0 Å². The molecule has 0 fully saturated rings. The molecule has 2 N–H and O–H groups in total. The number of nitrogens with zero attached hydrogens (tertiary/aromatic N) is 2. The molecule has 0 spiro atoms. The van der Waals surface area contributed by atoms with Gasteiger partial charge in [-0.3, -0.25) is 15.1 Å². The second-order valence-electron chi connectivity index (χ2n) is 4.41. The van der Waals surface area contributed by atoms with Crippen molar-refractivity contribution in [2.45, 2.75) is 20.1 Å². The van der Waals surface area contributed by atoms with Gasteiger partial charge in [-0.05, 0) is 24.6 Å². The third-order valence-corrected chi connectivity index (χ3v) is 2.80. The van der Waals surface area contributed by atoms with E-state index >= 15 is 0 Å². The number of ether oxygens (including phenoxy) is 1. The largest absolute Gasteiger partial charge is 0.489 e. The number of aryl methyl sites for hydroxylation is 1. The molecule has 0 radical (unpaired) electrons. The van der Waals surface area contributed by atoms with Crippen LogP contribution in [0.25, 0.3) is 0 Å². The standard InChI is InChI=1S/C14H15N3O3/c1-10-4-11(8-16-7-10)9-20-14-3-2-13(17(18)19)5-12(14)6-15/h2-5,7-8H,6,9,15H2,1H3. The highest BCUT2D eigenvalue weighted by Crippen LogP contribution is 2.24. The molecule has 1 heterocycles. The van der Waals surface area contributed by atoms with Gasteiger partial charge in [0.25, 0.3) is 5.69 Å². The van der Waals surface area contributed by atoms with Crippen molar-refractivity contribution in [3.63, 3.8) is 0 Å².